The minimum absolute atomic E-state index is 0.0132. The zero-order chi connectivity index (χ0) is 29.8. The lowest BCUT2D eigenvalue weighted by Crippen LogP contribution is -2.59. The predicted molar refractivity (Wildman–Crippen MR) is 151 cm³/mol. The van der Waals surface area contributed by atoms with Crippen LogP contribution in [-0.2, 0) is 23.9 Å². The average molecular weight is 561 g/mol. The molecule has 0 bridgehead atoms. The fraction of sp³-hybridized carbons (Fsp3) is 0.767. The SMILES string of the molecule is C=CCNC(=O)C(=O)C(CCC)NC(=O)C1C2C(CN1C(=O)C(C1CCCC1)N(C)C(=O)OCC(C)C)C2(C)C. The van der Waals surface area contributed by atoms with Crippen LogP contribution >= 0.6 is 0 Å². The largest absolute Gasteiger partial charge is 0.449 e. The Morgan fingerprint density at radius 3 is 2.38 bits per heavy atom. The van der Waals surface area contributed by atoms with Crippen LogP contribution in [0.2, 0.25) is 0 Å². The normalized spacial score (nSPS) is 24.6. The molecule has 5 atom stereocenters. The van der Waals surface area contributed by atoms with Crippen LogP contribution in [0.25, 0.3) is 0 Å². The first-order valence-electron chi connectivity index (χ1n) is 14.8. The van der Waals surface area contributed by atoms with Gasteiger partial charge in [0.05, 0.1) is 12.6 Å². The lowest BCUT2D eigenvalue weighted by atomic mass is 9.93. The number of Topliss-reactive ketones (excluding diaryl/α,β-unsaturated/α-hetero) is 1. The van der Waals surface area contributed by atoms with Crippen molar-refractivity contribution in [2.24, 2.45) is 29.1 Å². The van der Waals surface area contributed by atoms with Gasteiger partial charge < -0.3 is 20.3 Å². The number of carbonyl (C=O) groups is 5. The summed E-state index contributed by atoms with van der Waals surface area (Å²) in [5.41, 5.74) is -0.130. The van der Waals surface area contributed by atoms with Gasteiger partial charge in [0.2, 0.25) is 17.6 Å². The van der Waals surface area contributed by atoms with Crippen LogP contribution in [0.5, 0.6) is 0 Å². The van der Waals surface area contributed by atoms with Gasteiger partial charge in [0.15, 0.2) is 0 Å². The first kappa shape index (κ1) is 31.6. The quantitative estimate of drug-likeness (QED) is 0.264. The Morgan fingerprint density at radius 2 is 1.80 bits per heavy atom. The molecule has 2 aliphatic carbocycles. The molecule has 40 heavy (non-hydrogen) atoms. The Kier molecular flexibility index (Phi) is 10.4. The highest BCUT2D eigenvalue weighted by molar-refractivity contribution is 6.38. The lowest BCUT2D eigenvalue weighted by Gasteiger charge is -2.38. The summed E-state index contributed by atoms with van der Waals surface area (Å²) in [5.74, 6) is -1.93. The lowest BCUT2D eigenvalue weighted by molar-refractivity contribution is -0.146. The standard InChI is InChI=1S/C30H48N4O6/c1-8-12-21(25(35)27(37)31-15-9-2)32-26(36)24-22-20(30(22,5)6)16-34(24)28(38)23(19-13-10-11-14-19)33(7)29(39)40-17-18(3)4/h9,18-24H,2,8,10-17H2,1,3-7H3,(H,31,37)(H,32,36). The van der Waals surface area contributed by atoms with Gasteiger partial charge in [-0.05, 0) is 48.3 Å². The molecule has 0 aromatic rings. The molecule has 1 heterocycles. The zero-order valence-electron chi connectivity index (χ0n) is 25.0. The summed E-state index contributed by atoms with van der Waals surface area (Å²) in [6, 6.07) is -2.49. The number of fused-ring (bicyclic) bond motifs is 1. The maximum atomic E-state index is 14.2. The van der Waals surface area contributed by atoms with Crippen molar-refractivity contribution < 1.29 is 28.7 Å². The molecular formula is C30H48N4O6. The summed E-state index contributed by atoms with van der Waals surface area (Å²) >= 11 is 0. The van der Waals surface area contributed by atoms with Crippen molar-refractivity contribution >= 4 is 29.6 Å². The number of rotatable bonds is 13. The fourth-order valence-corrected chi connectivity index (χ4v) is 6.62. The molecule has 3 aliphatic rings. The number of likely N-dealkylation sites (N-methyl/N-ethyl adjacent to an activating group) is 1. The number of hydrogen-bond donors (Lipinski definition) is 2. The van der Waals surface area contributed by atoms with Crippen molar-refractivity contribution in [1.82, 2.24) is 20.4 Å². The van der Waals surface area contributed by atoms with E-state index < -0.39 is 41.8 Å². The molecule has 0 spiro atoms. The predicted octanol–water partition coefficient (Wildman–Crippen LogP) is 2.91. The third kappa shape index (κ3) is 6.69. The third-order valence-corrected chi connectivity index (χ3v) is 8.95. The summed E-state index contributed by atoms with van der Waals surface area (Å²) in [6.45, 7) is 14.3. The van der Waals surface area contributed by atoms with Gasteiger partial charge >= 0.3 is 6.09 Å². The summed E-state index contributed by atoms with van der Waals surface area (Å²) in [5, 5.41) is 5.30. The summed E-state index contributed by atoms with van der Waals surface area (Å²) < 4.78 is 5.47. The second kappa shape index (κ2) is 13.2. The second-order valence-corrected chi connectivity index (χ2v) is 12.7. The molecule has 5 unspecified atom stereocenters. The summed E-state index contributed by atoms with van der Waals surface area (Å²) in [6.07, 6.45) is 5.46. The van der Waals surface area contributed by atoms with Crippen molar-refractivity contribution in [2.45, 2.75) is 91.3 Å². The van der Waals surface area contributed by atoms with E-state index in [4.69, 9.17) is 4.74 Å². The first-order chi connectivity index (χ1) is 18.9. The number of ketones is 1. The zero-order valence-corrected chi connectivity index (χ0v) is 25.0. The first-order valence-corrected chi connectivity index (χ1v) is 14.8. The molecule has 224 valence electrons. The van der Waals surface area contributed by atoms with Crippen LogP contribution < -0.4 is 10.6 Å². The molecule has 0 aromatic heterocycles. The molecule has 4 amide bonds. The number of ether oxygens (including phenoxy) is 1. The van der Waals surface area contributed by atoms with Crippen molar-refractivity contribution in [1.29, 1.82) is 0 Å². The van der Waals surface area contributed by atoms with Gasteiger partial charge in [-0.1, -0.05) is 60.0 Å². The van der Waals surface area contributed by atoms with E-state index in [1.165, 1.54) is 11.0 Å². The van der Waals surface area contributed by atoms with Gasteiger partial charge in [0.25, 0.3) is 5.91 Å². The Bertz CT molecular complexity index is 989. The van der Waals surface area contributed by atoms with Gasteiger partial charge in [0, 0.05) is 20.1 Å². The molecule has 0 aromatic carbocycles. The van der Waals surface area contributed by atoms with E-state index >= 15 is 0 Å². The number of likely N-dealkylation sites (tertiary alicyclic amines) is 1. The van der Waals surface area contributed by atoms with Crippen LogP contribution in [0.1, 0.15) is 73.1 Å². The van der Waals surface area contributed by atoms with Crippen molar-refractivity contribution in [2.75, 3.05) is 26.7 Å². The molecule has 10 heteroatoms. The minimum atomic E-state index is -0.987. The van der Waals surface area contributed by atoms with Gasteiger partial charge in [-0.15, -0.1) is 6.58 Å². The smallest absolute Gasteiger partial charge is 0.410 e. The molecule has 2 saturated carbocycles. The van der Waals surface area contributed by atoms with Crippen LogP contribution in [0.4, 0.5) is 4.79 Å². The number of nitrogens with zero attached hydrogens (tertiary/aromatic N) is 2. The Balaban J connectivity index is 1.84. The molecule has 2 N–H and O–H groups in total. The number of amides is 4. The Labute approximate surface area is 238 Å². The third-order valence-electron chi connectivity index (χ3n) is 8.95. The molecular weight excluding hydrogens is 512 g/mol. The number of carbonyl (C=O) groups excluding carboxylic acids is 5. The molecule has 3 rings (SSSR count). The van der Waals surface area contributed by atoms with Crippen molar-refractivity contribution in [3.05, 3.63) is 12.7 Å². The molecule has 1 saturated heterocycles. The van der Waals surface area contributed by atoms with Gasteiger partial charge in [-0.25, -0.2) is 4.79 Å². The number of piperidine rings is 1. The molecule has 10 nitrogen and oxygen atoms in total. The minimum Gasteiger partial charge on any atom is -0.449 e. The Hall–Kier alpha value is -2.91. The number of nitrogens with one attached hydrogen (secondary N) is 2. The highest BCUT2D eigenvalue weighted by Gasteiger charge is 2.70. The average Bonchev–Trinajstić information content (AvgIpc) is 3.35. The highest BCUT2D eigenvalue weighted by atomic mass is 16.6. The molecule has 0 radical (unpaired) electrons. The van der Waals surface area contributed by atoms with Crippen LogP contribution in [0.15, 0.2) is 12.7 Å². The van der Waals surface area contributed by atoms with E-state index in [-0.39, 0.29) is 48.1 Å². The van der Waals surface area contributed by atoms with E-state index in [0.717, 1.165) is 25.7 Å². The molecule has 1 aliphatic heterocycles. The van der Waals surface area contributed by atoms with Crippen molar-refractivity contribution in [3.63, 3.8) is 0 Å². The van der Waals surface area contributed by atoms with Gasteiger partial charge in [-0.3, -0.25) is 24.1 Å². The topological polar surface area (TPSA) is 125 Å². The summed E-state index contributed by atoms with van der Waals surface area (Å²) in [4.78, 5) is 69.3. The highest BCUT2D eigenvalue weighted by Crippen LogP contribution is 2.65. The van der Waals surface area contributed by atoms with E-state index in [1.807, 2.05) is 20.8 Å². The second-order valence-electron chi connectivity index (χ2n) is 12.7. The van der Waals surface area contributed by atoms with Crippen LogP contribution in [0, 0.1) is 29.1 Å². The van der Waals surface area contributed by atoms with E-state index in [1.54, 1.807) is 11.9 Å². The Morgan fingerprint density at radius 1 is 1.15 bits per heavy atom. The maximum Gasteiger partial charge on any atom is 0.410 e. The van der Waals surface area contributed by atoms with Crippen LogP contribution in [-0.4, -0.2) is 84.3 Å². The van der Waals surface area contributed by atoms with E-state index in [9.17, 15) is 24.0 Å². The van der Waals surface area contributed by atoms with Crippen molar-refractivity contribution in [3.8, 4) is 0 Å². The molecule has 3 fully saturated rings. The fourth-order valence-electron chi connectivity index (χ4n) is 6.62. The van der Waals surface area contributed by atoms with Gasteiger partial charge in [-0.2, -0.15) is 0 Å². The monoisotopic (exact) mass is 560 g/mol. The van der Waals surface area contributed by atoms with Gasteiger partial charge in [0.1, 0.15) is 12.1 Å². The van der Waals surface area contributed by atoms with E-state index in [0.29, 0.717) is 19.4 Å². The summed E-state index contributed by atoms with van der Waals surface area (Å²) in [7, 11) is 1.61. The van der Waals surface area contributed by atoms with Crippen LogP contribution in [0.3, 0.4) is 0 Å². The van der Waals surface area contributed by atoms with E-state index in [2.05, 4.69) is 31.1 Å². The number of hydrogen-bond acceptors (Lipinski definition) is 6. The maximum absolute atomic E-state index is 14.2.